The van der Waals surface area contributed by atoms with Crippen LogP contribution in [0.15, 0.2) is 18.2 Å². The van der Waals surface area contributed by atoms with Gasteiger partial charge in [-0.25, -0.2) is 0 Å². The monoisotopic (exact) mass is 275 g/mol. The van der Waals surface area contributed by atoms with Crippen LogP contribution in [-0.4, -0.2) is 44.1 Å². The molecular formula is C15H21N3O2. The van der Waals surface area contributed by atoms with Gasteiger partial charge in [0.25, 0.3) is 5.91 Å². The third-order valence-electron chi connectivity index (χ3n) is 3.93. The third kappa shape index (κ3) is 3.04. The summed E-state index contributed by atoms with van der Waals surface area (Å²) >= 11 is 0. The van der Waals surface area contributed by atoms with Crippen LogP contribution < -0.4 is 15.4 Å². The molecule has 0 bridgehead atoms. The number of hydrogen-bond donors (Lipinski definition) is 2. The maximum Gasteiger partial charge on any atom is 0.262 e. The van der Waals surface area contributed by atoms with E-state index in [9.17, 15) is 4.79 Å². The van der Waals surface area contributed by atoms with Crippen LogP contribution in [0.3, 0.4) is 0 Å². The van der Waals surface area contributed by atoms with Gasteiger partial charge in [-0.3, -0.25) is 4.79 Å². The number of likely N-dealkylation sites (tertiary alicyclic amines) is 1. The highest BCUT2D eigenvalue weighted by atomic mass is 16.5. The molecule has 108 valence electrons. The summed E-state index contributed by atoms with van der Waals surface area (Å²) in [5.41, 5.74) is 1.79. The van der Waals surface area contributed by atoms with E-state index in [1.165, 1.54) is 19.4 Å². The molecular weight excluding hydrogens is 254 g/mol. The highest BCUT2D eigenvalue weighted by molar-refractivity contribution is 5.95. The van der Waals surface area contributed by atoms with Crippen molar-refractivity contribution in [3.05, 3.63) is 18.2 Å². The maximum atomic E-state index is 11.3. The summed E-state index contributed by atoms with van der Waals surface area (Å²) in [4.78, 5) is 13.7. The van der Waals surface area contributed by atoms with Crippen LogP contribution in [0, 0.1) is 5.92 Å². The second-order valence-electron chi connectivity index (χ2n) is 5.70. The molecule has 1 aromatic rings. The van der Waals surface area contributed by atoms with Gasteiger partial charge in [0.2, 0.25) is 0 Å². The first-order valence-electron chi connectivity index (χ1n) is 7.20. The number of anilines is 2. The first-order chi connectivity index (χ1) is 9.70. The second-order valence-corrected chi connectivity index (χ2v) is 5.70. The first-order valence-corrected chi connectivity index (χ1v) is 7.20. The van der Waals surface area contributed by atoms with Gasteiger partial charge < -0.3 is 20.3 Å². The fourth-order valence-electron chi connectivity index (χ4n) is 2.90. The minimum atomic E-state index is -0.0939. The van der Waals surface area contributed by atoms with Crippen LogP contribution in [-0.2, 0) is 4.79 Å². The number of piperidine rings is 1. The van der Waals surface area contributed by atoms with E-state index in [-0.39, 0.29) is 12.5 Å². The Bertz CT molecular complexity index is 504. The molecule has 0 spiro atoms. The number of carbonyl (C=O) groups excluding carboxylic acids is 1. The number of fused-ring (bicyclic) bond motifs is 1. The van der Waals surface area contributed by atoms with E-state index in [1.54, 1.807) is 0 Å². The van der Waals surface area contributed by atoms with E-state index in [0.29, 0.717) is 5.92 Å². The SMILES string of the molecule is CN1CCCC(CNc2ccc3c(c2)NC(=O)CO3)C1. The predicted molar refractivity (Wildman–Crippen MR) is 79.3 cm³/mol. The van der Waals surface area contributed by atoms with Crippen molar-refractivity contribution >= 4 is 17.3 Å². The van der Waals surface area contributed by atoms with Gasteiger partial charge in [0, 0.05) is 18.8 Å². The lowest BCUT2D eigenvalue weighted by Crippen LogP contribution is -2.35. The summed E-state index contributed by atoms with van der Waals surface area (Å²) in [7, 11) is 2.18. The topological polar surface area (TPSA) is 53.6 Å². The van der Waals surface area contributed by atoms with Gasteiger partial charge in [-0.15, -0.1) is 0 Å². The second kappa shape index (κ2) is 5.71. The molecule has 2 aliphatic rings. The number of ether oxygens (including phenoxy) is 1. The summed E-state index contributed by atoms with van der Waals surface area (Å²) in [6, 6.07) is 5.85. The average molecular weight is 275 g/mol. The highest BCUT2D eigenvalue weighted by Crippen LogP contribution is 2.30. The molecule has 0 saturated carbocycles. The number of carbonyl (C=O) groups is 1. The fraction of sp³-hybridized carbons (Fsp3) is 0.533. The molecule has 2 aliphatic heterocycles. The summed E-state index contributed by atoms with van der Waals surface area (Å²) in [5, 5.41) is 6.30. The lowest BCUT2D eigenvalue weighted by atomic mass is 9.98. The van der Waals surface area contributed by atoms with E-state index in [1.807, 2.05) is 18.2 Å². The molecule has 0 aliphatic carbocycles. The van der Waals surface area contributed by atoms with Crippen molar-refractivity contribution in [3.63, 3.8) is 0 Å². The van der Waals surface area contributed by atoms with Crippen LogP contribution >= 0.6 is 0 Å². The zero-order valence-electron chi connectivity index (χ0n) is 11.8. The van der Waals surface area contributed by atoms with Gasteiger partial charge in [0.05, 0.1) is 5.69 Å². The Kier molecular flexibility index (Phi) is 3.78. The van der Waals surface area contributed by atoms with Gasteiger partial charge in [0.15, 0.2) is 6.61 Å². The van der Waals surface area contributed by atoms with Crippen molar-refractivity contribution in [2.45, 2.75) is 12.8 Å². The molecule has 3 rings (SSSR count). The molecule has 2 heterocycles. The molecule has 2 N–H and O–H groups in total. The Labute approximate surface area is 119 Å². The van der Waals surface area contributed by atoms with Crippen molar-refractivity contribution < 1.29 is 9.53 Å². The molecule has 1 saturated heterocycles. The molecule has 1 fully saturated rings. The van der Waals surface area contributed by atoms with Crippen molar-refractivity contribution in [3.8, 4) is 5.75 Å². The summed E-state index contributed by atoms with van der Waals surface area (Å²) in [6.07, 6.45) is 2.55. The van der Waals surface area contributed by atoms with Gasteiger partial charge in [0.1, 0.15) is 5.75 Å². The minimum absolute atomic E-state index is 0.0939. The van der Waals surface area contributed by atoms with Crippen molar-refractivity contribution in [1.29, 1.82) is 0 Å². The van der Waals surface area contributed by atoms with Crippen molar-refractivity contribution in [2.75, 3.05) is 43.9 Å². The largest absolute Gasteiger partial charge is 0.482 e. The van der Waals surface area contributed by atoms with Crippen LogP contribution in [0.1, 0.15) is 12.8 Å². The normalized spacial score (nSPS) is 22.6. The zero-order chi connectivity index (χ0) is 13.9. The van der Waals surface area contributed by atoms with Crippen LogP contribution in [0.25, 0.3) is 0 Å². The maximum absolute atomic E-state index is 11.3. The molecule has 5 heteroatoms. The predicted octanol–water partition coefficient (Wildman–Crippen LogP) is 1.77. The van der Waals surface area contributed by atoms with Crippen LogP contribution in [0.4, 0.5) is 11.4 Å². The van der Waals surface area contributed by atoms with Crippen molar-refractivity contribution in [2.24, 2.45) is 5.92 Å². The Hall–Kier alpha value is -1.75. The number of nitrogens with zero attached hydrogens (tertiary/aromatic N) is 1. The Balaban J connectivity index is 1.60. The molecule has 0 aromatic heterocycles. The number of benzene rings is 1. The van der Waals surface area contributed by atoms with E-state index < -0.39 is 0 Å². The van der Waals surface area contributed by atoms with Gasteiger partial charge in [-0.1, -0.05) is 0 Å². The number of hydrogen-bond acceptors (Lipinski definition) is 4. The Morgan fingerprint density at radius 1 is 1.50 bits per heavy atom. The first kappa shape index (κ1) is 13.2. The van der Waals surface area contributed by atoms with Crippen molar-refractivity contribution in [1.82, 2.24) is 4.90 Å². The van der Waals surface area contributed by atoms with Gasteiger partial charge in [-0.05, 0) is 50.6 Å². The lowest BCUT2D eigenvalue weighted by molar-refractivity contribution is -0.118. The third-order valence-corrected chi connectivity index (χ3v) is 3.93. The Morgan fingerprint density at radius 2 is 2.40 bits per heavy atom. The van der Waals surface area contributed by atoms with Crippen LogP contribution in [0.2, 0.25) is 0 Å². The van der Waals surface area contributed by atoms with Crippen LogP contribution in [0.5, 0.6) is 5.75 Å². The Morgan fingerprint density at radius 3 is 3.25 bits per heavy atom. The molecule has 1 atom stereocenters. The van der Waals surface area contributed by atoms with Gasteiger partial charge >= 0.3 is 0 Å². The lowest BCUT2D eigenvalue weighted by Gasteiger charge is -2.30. The molecule has 1 aromatic carbocycles. The highest BCUT2D eigenvalue weighted by Gasteiger charge is 2.18. The molecule has 1 unspecified atom stereocenters. The quantitative estimate of drug-likeness (QED) is 0.883. The molecule has 5 nitrogen and oxygen atoms in total. The summed E-state index contributed by atoms with van der Waals surface area (Å²) in [6.45, 7) is 3.43. The van der Waals surface area contributed by atoms with E-state index >= 15 is 0 Å². The standard InChI is InChI=1S/C15H21N3O2/c1-18-6-2-3-11(9-18)8-16-12-4-5-14-13(7-12)17-15(19)10-20-14/h4-5,7,11,16H,2-3,6,8-10H2,1H3,(H,17,19). The average Bonchev–Trinajstić information content (AvgIpc) is 2.45. The van der Waals surface area contributed by atoms with Gasteiger partial charge in [-0.2, -0.15) is 0 Å². The zero-order valence-corrected chi connectivity index (χ0v) is 11.8. The molecule has 1 amide bonds. The smallest absolute Gasteiger partial charge is 0.262 e. The summed E-state index contributed by atoms with van der Waals surface area (Å²) < 4.78 is 5.35. The van der Waals surface area contributed by atoms with E-state index in [0.717, 1.165) is 30.2 Å². The van der Waals surface area contributed by atoms with E-state index in [2.05, 4.69) is 22.6 Å². The fourth-order valence-corrected chi connectivity index (χ4v) is 2.90. The summed E-state index contributed by atoms with van der Waals surface area (Å²) in [5.74, 6) is 1.34. The molecule has 20 heavy (non-hydrogen) atoms. The number of rotatable bonds is 3. The number of amides is 1. The number of nitrogens with one attached hydrogen (secondary N) is 2. The van der Waals surface area contributed by atoms with E-state index in [4.69, 9.17) is 4.74 Å². The molecule has 0 radical (unpaired) electrons. The minimum Gasteiger partial charge on any atom is -0.482 e.